The molecule has 0 saturated heterocycles. The molecule has 0 aliphatic heterocycles. The predicted molar refractivity (Wildman–Crippen MR) is 86.0 cm³/mol. The number of benzene rings is 1. The molecule has 1 aliphatic rings. The fraction of sp³-hybridized carbons (Fsp3) is 0.389. The molecule has 2 N–H and O–H groups in total. The van der Waals surface area contributed by atoms with Crippen molar-refractivity contribution in [3.05, 3.63) is 59.4 Å². The number of fused-ring (bicyclic) bond motifs is 1. The fourth-order valence-electron chi connectivity index (χ4n) is 3.59. The molecule has 1 heterocycles. The van der Waals surface area contributed by atoms with Gasteiger partial charge in [-0.25, -0.2) is 0 Å². The first-order chi connectivity index (χ1) is 10.7. The molecular weight excluding hydrogens is 276 g/mol. The summed E-state index contributed by atoms with van der Waals surface area (Å²) in [6.45, 7) is 0.752. The molecule has 0 amide bonds. The summed E-state index contributed by atoms with van der Waals surface area (Å²) >= 11 is 0. The van der Waals surface area contributed by atoms with Crippen LogP contribution in [0.25, 0.3) is 0 Å². The fourth-order valence-corrected chi connectivity index (χ4v) is 3.59. The summed E-state index contributed by atoms with van der Waals surface area (Å²) in [7, 11) is 3.60. The smallest absolute Gasteiger partial charge is 0.122 e. The van der Waals surface area contributed by atoms with Crippen LogP contribution in [0.4, 0.5) is 0 Å². The number of nitrogens with one attached hydrogen (secondary N) is 1. The Morgan fingerprint density at radius 3 is 2.91 bits per heavy atom. The minimum atomic E-state index is -1.04. The topological polar surface area (TPSA) is 54.4 Å². The summed E-state index contributed by atoms with van der Waals surface area (Å²) in [6.07, 6.45) is 5.31. The van der Waals surface area contributed by atoms with Gasteiger partial charge in [-0.2, -0.15) is 0 Å². The van der Waals surface area contributed by atoms with Crippen LogP contribution >= 0.6 is 0 Å². The molecule has 0 radical (unpaired) electrons. The molecule has 0 bridgehead atoms. The Balaban J connectivity index is 2.19. The molecule has 2 aromatic rings. The largest absolute Gasteiger partial charge is 0.496 e. The minimum Gasteiger partial charge on any atom is -0.496 e. The minimum absolute atomic E-state index is 0.0984. The van der Waals surface area contributed by atoms with Gasteiger partial charge in [0.2, 0.25) is 0 Å². The number of aromatic nitrogens is 1. The molecule has 3 rings (SSSR count). The zero-order valence-electron chi connectivity index (χ0n) is 13.0. The Labute approximate surface area is 131 Å². The van der Waals surface area contributed by atoms with Crippen LogP contribution in [0, 0.1) is 5.92 Å². The number of hydrogen-bond acceptors (Lipinski definition) is 4. The average Bonchev–Trinajstić information content (AvgIpc) is 2.58. The number of ether oxygens (including phenoxy) is 1. The molecule has 22 heavy (non-hydrogen) atoms. The first kappa shape index (κ1) is 15.0. The highest BCUT2D eigenvalue weighted by atomic mass is 16.5. The van der Waals surface area contributed by atoms with Crippen molar-refractivity contribution in [2.75, 3.05) is 20.7 Å². The molecule has 2 atom stereocenters. The number of aliphatic hydroxyl groups is 1. The Bertz CT molecular complexity index is 645. The van der Waals surface area contributed by atoms with E-state index in [9.17, 15) is 5.11 Å². The third-order valence-corrected chi connectivity index (χ3v) is 4.65. The van der Waals surface area contributed by atoms with E-state index in [-0.39, 0.29) is 5.92 Å². The Morgan fingerprint density at radius 1 is 1.36 bits per heavy atom. The lowest BCUT2D eigenvalue weighted by atomic mass is 9.68. The van der Waals surface area contributed by atoms with Crippen molar-refractivity contribution >= 4 is 0 Å². The van der Waals surface area contributed by atoms with Crippen molar-refractivity contribution in [1.82, 2.24) is 10.3 Å². The SMILES string of the molecule is CNCC1CCc2c(OC)cccc2C1(O)c1cccnc1. The lowest BCUT2D eigenvalue weighted by Crippen LogP contribution is -2.44. The highest BCUT2D eigenvalue weighted by Crippen LogP contribution is 2.46. The molecule has 0 spiro atoms. The second-order valence-corrected chi connectivity index (χ2v) is 5.79. The van der Waals surface area contributed by atoms with Gasteiger partial charge in [-0.05, 0) is 37.6 Å². The molecule has 0 fully saturated rings. The van der Waals surface area contributed by atoms with E-state index < -0.39 is 5.60 Å². The summed E-state index contributed by atoms with van der Waals surface area (Å²) in [4.78, 5) is 4.20. The Morgan fingerprint density at radius 2 is 2.23 bits per heavy atom. The van der Waals surface area contributed by atoms with Crippen molar-refractivity contribution in [2.45, 2.75) is 18.4 Å². The molecule has 1 aromatic heterocycles. The van der Waals surface area contributed by atoms with E-state index >= 15 is 0 Å². The third-order valence-electron chi connectivity index (χ3n) is 4.65. The summed E-state index contributed by atoms with van der Waals surface area (Å²) in [5.41, 5.74) is 1.83. The van der Waals surface area contributed by atoms with Crippen LogP contribution in [0.5, 0.6) is 5.75 Å². The van der Waals surface area contributed by atoms with E-state index in [1.54, 1.807) is 19.5 Å². The van der Waals surface area contributed by atoms with E-state index in [1.807, 2.05) is 37.4 Å². The zero-order valence-corrected chi connectivity index (χ0v) is 13.0. The molecule has 1 aromatic carbocycles. The van der Waals surface area contributed by atoms with Gasteiger partial charge in [0, 0.05) is 36.0 Å². The van der Waals surface area contributed by atoms with Crippen molar-refractivity contribution in [1.29, 1.82) is 0 Å². The van der Waals surface area contributed by atoms with Gasteiger partial charge in [0.05, 0.1) is 7.11 Å². The quantitative estimate of drug-likeness (QED) is 0.908. The number of pyridine rings is 1. The summed E-state index contributed by atoms with van der Waals surface area (Å²) in [6, 6.07) is 9.73. The van der Waals surface area contributed by atoms with Crippen molar-refractivity contribution in [3.63, 3.8) is 0 Å². The summed E-state index contributed by atoms with van der Waals surface area (Å²) in [5, 5.41) is 14.9. The Kier molecular flexibility index (Phi) is 4.14. The predicted octanol–water partition coefficient (Wildman–Crippen LogP) is 2.11. The third kappa shape index (κ3) is 2.28. The van der Waals surface area contributed by atoms with Crippen LogP contribution < -0.4 is 10.1 Å². The van der Waals surface area contributed by atoms with E-state index in [2.05, 4.69) is 10.3 Å². The van der Waals surface area contributed by atoms with Crippen LogP contribution in [0.1, 0.15) is 23.1 Å². The second-order valence-electron chi connectivity index (χ2n) is 5.79. The highest BCUT2D eigenvalue weighted by Gasteiger charge is 2.44. The first-order valence-corrected chi connectivity index (χ1v) is 7.65. The molecule has 2 unspecified atom stereocenters. The highest BCUT2D eigenvalue weighted by molar-refractivity contribution is 5.49. The van der Waals surface area contributed by atoms with E-state index in [1.165, 1.54) is 0 Å². The lowest BCUT2D eigenvalue weighted by Gasteiger charge is -2.42. The lowest BCUT2D eigenvalue weighted by molar-refractivity contribution is 0.00443. The monoisotopic (exact) mass is 298 g/mol. The van der Waals surface area contributed by atoms with Crippen molar-refractivity contribution < 1.29 is 9.84 Å². The second kappa shape index (κ2) is 6.07. The van der Waals surface area contributed by atoms with Gasteiger partial charge in [-0.1, -0.05) is 18.2 Å². The van der Waals surface area contributed by atoms with E-state index in [4.69, 9.17) is 4.74 Å². The standard InChI is InChI=1S/C18H22N2O2/c1-19-11-14-8-9-15-16(6-3-7-17(15)22-2)18(14,21)13-5-4-10-20-12-13/h3-7,10,12,14,19,21H,8-9,11H2,1-2H3. The van der Waals surface area contributed by atoms with Crippen LogP contribution in [0.15, 0.2) is 42.7 Å². The van der Waals surface area contributed by atoms with Crippen molar-refractivity contribution in [3.8, 4) is 5.75 Å². The van der Waals surface area contributed by atoms with Crippen molar-refractivity contribution in [2.24, 2.45) is 5.92 Å². The molecule has 0 saturated carbocycles. The van der Waals surface area contributed by atoms with Gasteiger partial charge in [-0.15, -0.1) is 0 Å². The van der Waals surface area contributed by atoms with Crippen LogP contribution in [-0.4, -0.2) is 30.8 Å². The number of rotatable bonds is 4. The number of methoxy groups -OCH3 is 1. The van der Waals surface area contributed by atoms with Gasteiger partial charge in [0.15, 0.2) is 0 Å². The first-order valence-electron chi connectivity index (χ1n) is 7.65. The van der Waals surface area contributed by atoms with Gasteiger partial charge in [-0.3, -0.25) is 4.98 Å². The van der Waals surface area contributed by atoms with Gasteiger partial charge in [0.25, 0.3) is 0 Å². The number of hydrogen-bond donors (Lipinski definition) is 2. The molecule has 4 heteroatoms. The van der Waals surface area contributed by atoms with E-state index in [0.717, 1.165) is 41.8 Å². The normalized spacial score (nSPS) is 23.9. The maximum Gasteiger partial charge on any atom is 0.122 e. The Hall–Kier alpha value is -1.91. The average molecular weight is 298 g/mol. The van der Waals surface area contributed by atoms with Gasteiger partial charge in [0.1, 0.15) is 11.4 Å². The van der Waals surface area contributed by atoms with Crippen LogP contribution in [0.2, 0.25) is 0 Å². The van der Waals surface area contributed by atoms with Crippen LogP contribution in [0.3, 0.4) is 0 Å². The molecule has 1 aliphatic carbocycles. The zero-order chi connectivity index (χ0) is 15.6. The van der Waals surface area contributed by atoms with E-state index in [0.29, 0.717) is 0 Å². The maximum atomic E-state index is 11.7. The molecule has 116 valence electrons. The molecular formula is C18H22N2O2. The summed E-state index contributed by atoms with van der Waals surface area (Å²) in [5.74, 6) is 0.948. The van der Waals surface area contributed by atoms with Gasteiger partial charge >= 0.3 is 0 Å². The van der Waals surface area contributed by atoms with Gasteiger partial charge < -0.3 is 15.2 Å². The van der Waals surface area contributed by atoms with Crippen LogP contribution in [-0.2, 0) is 12.0 Å². The summed E-state index contributed by atoms with van der Waals surface area (Å²) < 4.78 is 5.49. The maximum absolute atomic E-state index is 11.7. The molecule has 4 nitrogen and oxygen atoms in total. The number of nitrogens with zero attached hydrogens (tertiary/aromatic N) is 1.